The first kappa shape index (κ1) is 25.5. The molecule has 0 unspecified atom stereocenters. The average molecular weight is 516 g/mol. The highest BCUT2D eigenvalue weighted by Crippen LogP contribution is 2.15. The molecule has 37 heavy (non-hydrogen) atoms. The number of hydrogen-bond acceptors (Lipinski definition) is 6. The van der Waals surface area contributed by atoms with Gasteiger partial charge in [0.05, 0.1) is 12.8 Å². The summed E-state index contributed by atoms with van der Waals surface area (Å²) in [7, 11) is 0. The number of carbonyl (C=O) groups is 2. The Morgan fingerprint density at radius 2 is 1.49 bits per heavy atom. The Morgan fingerprint density at radius 1 is 0.757 bits per heavy atom. The van der Waals surface area contributed by atoms with E-state index in [4.69, 9.17) is 26.1 Å². The number of anilines is 1. The lowest BCUT2D eigenvalue weighted by Crippen LogP contribution is -2.34. The highest BCUT2D eigenvalue weighted by molar-refractivity contribution is 7.80. The minimum absolute atomic E-state index is 0.127. The van der Waals surface area contributed by atoms with Crippen molar-refractivity contribution in [3.8, 4) is 11.5 Å². The molecular weight excluding hydrogens is 490 g/mol. The van der Waals surface area contributed by atoms with Gasteiger partial charge in [0.25, 0.3) is 11.8 Å². The van der Waals surface area contributed by atoms with E-state index in [0.717, 1.165) is 5.75 Å². The number of ether oxygens (including phenoxy) is 2. The maximum Gasteiger partial charge on any atom is 0.257 e. The number of rotatable bonds is 10. The molecule has 2 amide bonds. The van der Waals surface area contributed by atoms with Gasteiger partial charge >= 0.3 is 0 Å². The van der Waals surface area contributed by atoms with E-state index in [2.05, 4.69) is 16.0 Å². The molecule has 8 nitrogen and oxygen atoms in total. The van der Waals surface area contributed by atoms with Crippen LogP contribution in [0, 0.1) is 0 Å². The quantitative estimate of drug-likeness (QED) is 0.206. The maximum atomic E-state index is 12.6. The Bertz CT molecular complexity index is 1330. The molecule has 0 aliphatic carbocycles. The Morgan fingerprint density at radius 3 is 2.22 bits per heavy atom. The molecule has 9 heteroatoms. The van der Waals surface area contributed by atoms with Crippen molar-refractivity contribution in [1.82, 2.24) is 10.6 Å². The van der Waals surface area contributed by atoms with E-state index in [1.807, 2.05) is 30.3 Å². The zero-order valence-electron chi connectivity index (χ0n) is 19.8. The Balaban J connectivity index is 1.22. The van der Waals surface area contributed by atoms with Crippen LogP contribution in [0.15, 0.2) is 102 Å². The molecule has 1 heterocycles. The number of carbonyl (C=O) groups excluding carboxylic acids is 2. The Labute approximate surface area is 219 Å². The highest BCUT2D eigenvalue weighted by atomic mass is 32.1. The molecule has 0 saturated carbocycles. The van der Waals surface area contributed by atoms with Gasteiger partial charge in [0.15, 0.2) is 5.11 Å². The van der Waals surface area contributed by atoms with Crippen molar-refractivity contribution in [2.24, 2.45) is 0 Å². The second-order valence-corrected chi connectivity index (χ2v) is 8.19. The van der Waals surface area contributed by atoms with Crippen LogP contribution in [0.3, 0.4) is 0 Å². The number of amides is 2. The summed E-state index contributed by atoms with van der Waals surface area (Å²) in [4.78, 5) is 24.9. The van der Waals surface area contributed by atoms with Gasteiger partial charge in [-0.3, -0.25) is 14.9 Å². The zero-order valence-corrected chi connectivity index (χ0v) is 20.6. The molecular formula is C28H25N3O5S. The third-order valence-electron chi connectivity index (χ3n) is 5.10. The standard InChI is InChI=1S/C28H25N3O5S/c32-26(29-19-25-10-5-15-34-25)20-11-13-22(14-12-20)30-28(37)31-27(33)21-6-4-9-24(18-21)36-17-16-35-23-7-2-1-3-8-23/h1-15,18H,16-17,19H2,(H,29,32)(H2,30,31,33,37). The predicted octanol–water partition coefficient (Wildman–Crippen LogP) is 4.79. The van der Waals surface area contributed by atoms with E-state index < -0.39 is 0 Å². The van der Waals surface area contributed by atoms with Crippen molar-refractivity contribution in [3.63, 3.8) is 0 Å². The molecule has 1 aromatic heterocycles. The SMILES string of the molecule is O=C(NCc1ccco1)c1ccc(NC(=S)NC(=O)c2cccc(OCCOc3ccccc3)c2)cc1. The number of para-hydroxylation sites is 1. The van der Waals surface area contributed by atoms with Crippen molar-refractivity contribution in [2.75, 3.05) is 18.5 Å². The molecule has 4 rings (SSSR count). The zero-order chi connectivity index (χ0) is 25.9. The van der Waals surface area contributed by atoms with Crippen LogP contribution in [0.4, 0.5) is 5.69 Å². The normalized spacial score (nSPS) is 10.3. The first-order chi connectivity index (χ1) is 18.1. The molecule has 3 N–H and O–H groups in total. The smallest absolute Gasteiger partial charge is 0.257 e. The summed E-state index contributed by atoms with van der Waals surface area (Å²) in [6.45, 7) is 1.01. The maximum absolute atomic E-state index is 12.6. The summed E-state index contributed by atoms with van der Waals surface area (Å²) in [5.74, 6) is 1.37. The first-order valence-corrected chi connectivity index (χ1v) is 11.9. The van der Waals surface area contributed by atoms with Crippen molar-refractivity contribution >= 4 is 34.8 Å². The number of hydrogen-bond donors (Lipinski definition) is 3. The van der Waals surface area contributed by atoms with Crippen LogP contribution in [0.2, 0.25) is 0 Å². The second-order valence-electron chi connectivity index (χ2n) is 7.79. The first-order valence-electron chi connectivity index (χ1n) is 11.5. The molecule has 4 aromatic rings. The van der Waals surface area contributed by atoms with Crippen LogP contribution in [-0.2, 0) is 6.54 Å². The molecule has 0 radical (unpaired) electrons. The van der Waals surface area contributed by atoms with Gasteiger partial charge in [-0.25, -0.2) is 0 Å². The summed E-state index contributed by atoms with van der Waals surface area (Å²) < 4.78 is 16.5. The van der Waals surface area contributed by atoms with Gasteiger partial charge in [-0.05, 0) is 78.9 Å². The summed E-state index contributed by atoms with van der Waals surface area (Å²) in [5.41, 5.74) is 1.51. The van der Waals surface area contributed by atoms with Gasteiger partial charge in [0.1, 0.15) is 30.5 Å². The summed E-state index contributed by atoms with van der Waals surface area (Å²) >= 11 is 5.27. The van der Waals surface area contributed by atoms with E-state index in [0.29, 0.717) is 48.1 Å². The second kappa shape index (κ2) is 12.9. The third kappa shape index (κ3) is 7.94. The fourth-order valence-electron chi connectivity index (χ4n) is 3.29. The fourth-order valence-corrected chi connectivity index (χ4v) is 3.50. The van der Waals surface area contributed by atoms with Gasteiger partial charge in [-0.2, -0.15) is 0 Å². The molecule has 0 bridgehead atoms. The van der Waals surface area contributed by atoms with Crippen molar-refractivity contribution in [1.29, 1.82) is 0 Å². The Kier molecular flexibility index (Phi) is 8.87. The monoisotopic (exact) mass is 515 g/mol. The number of furan rings is 1. The van der Waals surface area contributed by atoms with Crippen LogP contribution in [0.25, 0.3) is 0 Å². The largest absolute Gasteiger partial charge is 0.490 e. The van der Waals surface area contributed by atoms with E-state index in [1.54, 1.807) is 66.9 Å². The lowest BCUT2D eigenvalue weighted by atomic mass is 10.2. The Hall–Kier alpha value is -4.63. The van der Waals surface area contributed by atoms with Crippen molar-refractivity contribution < 1.29 is 23.5 Å². The molecule has 0 aliphatic heterocycles. The van der Waals surface area contributed by atoms with E-state index in [9.17, 15) is 9.59 Å². The van der Waals surface area contributed by atoms with Gasteiger partial charge in [0.2, 0.25) is 0 Å². The third-order valence-corrected chi connectivity index (χ3v) is 5.30. The predicted molar refractivity (Wildman–Crippen MR) is 144 cm³/mol. The van der Waals surface area contributed by atoms with Gasteiger partial charge < -0.3 is 24.5 Å². The van der Waals surface area contributed by atoms with Crippen molar-refractivity contribution in [2.45, 2.75) is 6.54 Å². The van der Waals surface area contributed by atoms with E-state index >= 15 is 0 Å². The topological polar surface area (TPSA) is 102 Å². The lowest BCUT2D eigenvalue weighted by Gasteiger charge is -2.12. The molecule has 0 fully saturated rings. The molecule has 188 valence electrons. The molecule has 0 saturated heterocycles. The number of nitrogens with one attached hydrogen (secondary N) is 3. The highest BCUT2D eigenvalue weighted by Gasteiger charge is 2.10. The van der Waals surface area contributed by atoms with E-state index in [1.165, 1.54) is 0 Å². The fraction of sp³-hybridized carbons (Fsp3) is 0.107. The summed E-state index contributed by atoms with van der Waals surface area (Å²) in [5, 5.41) is 8.49. The summed E-state index contributed by atoms with van der Waals surface area (Å²) in [6, 6.07) is 26.5. The average Bonchev–Trinajstić information content (AvgIpc) is 3.45. The molecule has 0 aliphatic rings. The molecule has 0 atom stereocenters. The van der Waals surface area contributed by atoms with Crippen LogP contribution in [-0.4, -0.2) is 30.1 Å². The van der Waals surface area contributed by atoms with Crippen LogP contribution in [0.5, 0.6) is 11.5 Å². The van der Waals surface area contributed by atoms with Crippen LogP contribution >= 0.6 is 12.2 Å². The van der Waals surface area contributed by atoms with E-state index in [-0.39, 0.29) is 16.9 Å². The molecule has 3 aromatic carbocycles. The minimum Gasteiger partial charge on any atom is -0.490 e. The molecule has 0 spiro atoms. The van der Waals surface area contributed by atoms with Crippen LogP contribution in [0.1, 0.15) is 26.5 Å². The number of benzene rings is 3. The summed E-state index contributed by atoms with van der Waals surface area (Å²) in [6.07, 6.45) is 1.55. The van der Waals surface area contributed by atoms with Crippen LogP contribution < -0.4 is 25.4 Å². The van der Waals surface area contributed by atoms with Gasteiger partial charge in [-0.1, -0.05) is 24.3 Å². The lowest BCUT2D eigenvalue weighted by molar-refractivity contribution is 0.0946. The number of thiocarbonyl (C=S) groups is 1. The van der Waals surface area contributed by atoms with Crippen molar-refractivity contribution in [3.05, 3.63) is 114 Å². The van der Waals surface area contributed by atoms with Gasteiger partial charge in [0, 0.05) is 16.8 Å². The van der Waals surface area contributed by atoms with Gasteiger partial charge in [-0.15, -0.1) is 0 Å². The minimum atomic E-state index is -0.377.